The molecule has 0 radical (unpaired) electrons. The van der Waals surface area contributed by atoms with Gasteiger partial charge in [0.25, 0.3) is 0 Å². The Morgan fingerprint density at radius 2 is 2.20 bits per heavy atom. The third kappa shape index (κ3) is 3.91. The Morgan fingerprint density at radius 1 is 1.50 bits per heavy atom. The zero-order chi connectivity index (χ0) is 14.5. The van der Waals surface area contributed by atoms with Gasteiger partial charge in [-0.3, -0.25) is 4.79 Å². The fraction of sp³-hybridized carbons (Fsp3) is 0.500. The first-order valence-electron chi connectivity index (χ1n) is 6.62. The molecule has 0 aromatic heterocycles. The number of halogens is 2. The highest BCUT2D eigenvalue weighted by Crippen LogP contribution is 2.20. The zero-order valence-corrected chi connectivity index (χ0v) is 12.1. The lowest BCUT2D eigenvalue weighted by Gasteiger charge is -2.27. The molecule has 0 aliphatic carbocycles. The first kappa shape index (κ1) is 15.2. The molecule has 1 aliphatic rings. The zero-order valence-electron chi connectivity index (χ0n) is 11.4. The largest absolute Gasteiger partial charge is 0.378 e. The maximum atomic E-state index is 13.7. The summed E-state index contributed by atoms with van der Waals surface area (Å²) in [5.74, 6) is -0.356. The lowest BCUT2D eigenvalue weighted by molar-refractivity contribution is -0.134. The highest BCUT2D eigenvalue weighted by Gasteiger charge is 2.18. The molecular formula is C14H18ClFN2O2. The number of amides is 1. The molecule has 1 N–H and O–H groups in total. The van der Waals surface area contributed by atoms with Crippen molar-refractivity contribution in [3.63, 3.8) is 0 Å². The fourth-order valence-electron chi connectivity index (χ4n) is 2.13. The molecule has 1 aromatic rings. The van der Waals surface area contributed by atoms with Gasteiger partial charge in [-0.05, 0) is 19.1 Å². The van der Waals surface area contributed by atoms with Crippen LogP contribution in [0.1, 0.15) is 18.5 Å². The first-order chi connectivity index (χ1) is 9.58. The van der Waals surface area contributed by atoms with Crippen molar-refractivity contribution in [1.82, 2.24) is 10.2 Å². The number of carbonyl (C=O) groups excluding carboxylic acids is 1. The summed E-state index contributed by atoms with van der Waals surface area (Å²) in [6, 6.07) is 4.30. The Hall–Kier alpha value is -1.17. The van der Waals surface area contributed by atoms with E-state index < -0.39 is 0 Å². The van der Waals surface area contributed by atoms with Gasteiger partial charge in [0, 0.05) is 29.7 Å². The van der Waals surface area contributed by atoms with Gasteiger partial charge >= 0.3 is 0 Å². The molecule has 4 nitrogen and oxygen atoms in total. The molecule has 20 heavy (non-hydrogen) atoms. The molecule has 0 saturated carbocycles. The number of hydrogen-bond donors (Lipinski definition) is 1. The molecule has 1 unspecified atom stereocenters. The molecule has 1 aliphatic heterocycles. The average molecular weight is 301 g/mol. The second-order valence-corrected chi connectivity index (χ2v) is 5.20. The number of nitrogens with zero attached hydrogens (tertiary/aromatic N) is 1. The second-order valence-electron chi connectivity index (χ2n) is 4.76. The maximum Gasteiger partial charge on any atom is 0.236 e. The summed E-state index contributed by atoms with van der Waals surface area (Å²) in [4.78, 5) is 13.7. The van der Waals surface area contributed by atoms with Crippen molar-refractivity contribution in [3.8, 4) is 0 Å². The quantitative estimate of drug-likeness (QED) is 0.924. The van der Waals surface area contributed by atoms with Crippen LogP contribution in [0.3, 0.4) is 0 Å². The van der Waals surface area contributed by atoms with E-state index in [9.17, 15) is 9.18 Å². The van der Waals surface area contributed by atoms with Crippen LogP contribution in [0.15, 0.2) is 18.2 Å². The average Bonchev–Trinajstić information content (AvgIpc) is 2.45. The molecule has 2 rings (SSSR count). The number of morpholine rings is 1. The van der Waals surface area contributed by atoms with Crippen LogP contribution in [-0.4, -0.2) is 43.7 Å². The molecule has 6 heteroatoms. The smallest absolute Gasteiger partial charge is 0.236 e. The van der Waals surface area contributed by atoms with E-state index in [-0.39, 0.29) is 24.3 Å². The molecular weight excluding hydrogens is 283 g/mol. The van der Waals surface area contributed by atoms with Gasteiger partial charge in [0.15, 0.2) is 0 Å². The van der Waals surface area contributed by atoms with Crippen LogP contribution in [0.5, 0.6) is 0 Å². The highest BCUT2D eigenvalue weighted by atomic mass is 35.5. The molecule has 1 saturated heterocycles. The van der Waals surface area contributed by atoms with Crippen LogP contribution in [0.4, 0.5) is 4.39 Å². The van der Waals surface area contributed by atoms with Gasteiger partial charge in [0.1, 0.15) is 5.82 Å². The summed E-state index contributed by atoms with van der Waals surface area (Å²) in [5.41, 5.74) is 0.504. The molecule has 110 valence electrons. The van der Waals surface area contributed by atoms with Crippen LogP contribution < -0.4 is 5.32 Å². The van der Waals surface area contributed by atoms with E-state index in [0.717, 1.165) is 0 Å². The summed E-state index contributed by atoms with van der Waals surface area (Å²) in [6.45, 7) is 4.39. The van der Waals surface area contributed by atoms with Crippen LogP contribution in [0.25, 0.3) is 0 Å². The number of ether oxygens (including phenoxy) is 1. The molecule has 1 amide bonds. The Balaban J connectivity index is 1.87. The summed E-state index contributed by atoms with van der Waals surface area (Å²) >= 11 is 5.72. The fourth-order valence-corrected chi connectivity index (χ4v) is 2.29. The number of nitrogens with one attached hydrogen (secondary N) is 1. The predicted molar refractivity (Wildman–Crippen MR) is 75.2 cm³/mol. The van der Waals surface area contributed by atoms with Gasteiger partial charge in [-0.2, -0.15) is 0 Å². The van der Waals surface area contributed by atoms with E-state index in [1.165, 1.54) is 6.07 Å². The predicted octanol–water partition coefficient (Wildman–Crippen LogP) is 1.99. The van der Waals surface area contributed by atoms with E-state index in [2.05, 4.69) is 5.32 Å². The van der Waals surface area contributed by atoms with Gasteiger partial charge in [-0.15, -0.1) is 0 Å². The second kappa shape index (κ2) is 7.02. The topological polar surface area (TPSA) is 41.6 Å². The van der Waals surface area contributed by atoms with Crippen molar-refractivity contribution in [2.45, 2.75) is 13.0 Å². The SMILES string of the molecule is CC(NCC(=O)N1CCOCC1)c1ccc(Cl)cc1F. The minimum absolute atomic E-state index is 0.00882. The minimum Gasteiger partial charge on any atom is -0.378 e. The monoisotopic (exact) mass is 300 g/mol. The molecule has 0 spiro atoms. The Morgan fingerprint density at radius 3 is 2.85 bits per heavy atom. The molecule has 1 atom stereocenters. The maximum absolute atomic E-state index is 13.7. The van der Waals surface area contributed by atoms with Crippen molar-refractivity contribution in [2.24, 2.45) is 0 Å². The number of carbonyl (C=O) groups is 1. The van der Waals surface area contributed by atoms with Gasteiger partial charge in [-0.1, -0.05) is 17.7 Å². The number of hydrogen-bond acceptors (Lipinski definition) is 3. The summed E-state index contributed by atoms with van der Waals surface area (Å²) in [5, 5.41) is 3.40. The van der Waals surface area contributed by atoms with Gasteiger partial charge < -0.3 is 15.0 Å². The van der Waals surface area contributed by atoms with Crippen LogP contribution in [0.2, 0.25) is 5.02 Å². The third-order valence-corrected chi connectivity index (χ3v) is 3.59. The Kier molecular flexibility index (Phi) is 5.34. The van der Waals surface area contributed by atoms with Crippen molar-refractivity contribution < 1.29 is 13.9 Å². The lowest BCUT2D eigenvalue weighted by atomic mass is 10.1. The number of rotatable bonds is 4. The Bertz CT molecular complexity index is 478. The van der Waals surface area contributed by atoms with Crippen molar-refractivity contribution in [3.05, 3.63) is 34.6 Å². The summed E-state index contributed by atoms with van der Waals surface area (Å²) in [7, 11) is 0. The van der Waals surface area contributed by atoms with Crippen LogP contribution in [-0.2, 0) is 9.53 Å². The summed E-state index contributed by atoms with van der Waals surface area (Å²) in [6.07, 6.45) is 0. The van der Waals surface area contributed by atoms with E-state index in [4.69, 9.17) is 16.3 Å². The van der Waals surface area contributed by atoms with Gasteiger partial charge in [-0.25, -0.2) is 4.39 Å². The first-order valence-corrected chi connectivity index (χ1v) is 6.99. The van der Waals surface area contributed by atoms with Crippen molar-refractivity contribution in [1.29, 1.82) is 0 Å². The van der Waals surface area contributed by atoms with E-state index >= 15 is 0 Å². The highest BCUT2D eigenvalue weighted by molar-refractivity contribution is 6.30. The van der Waals surface area contributed by atoms with Crippen molar-refractivity contribution >= 4 is 17.5 Å². The molecule has 1 aromatic carbocycles. The van der Waals surface area contributed by atoms with Crippen LogP contribution in [0, 0.1) is 5.82 Å². The van der Waals surface area contributed by atoms with E-state index in [1.807, 2.05) is 6.92 Å². The standard InChI is InChI=1S/C14H18ClFN2O2/c1-10(12-3-2-11(15)8-13(12)16)17-9-14(19)18-4-6-20-7-5-18/h2-3,8,10,17H,4-7,9H2,1H3. The van der Waals surface area contributed by atoms with Gasteiger partial charge in [0.2, 0.25) is 5.91 Å². The normalized spacial score (nSPS) is 17.1. The van der Waals surface area contributed by atoms with E-state index in [0.29, 0.717) is 36.9 Å². The number of benzene rings is 1. The molecule has 1 fully saturated rings. The molecule has 1 heterocycles. The van der Waals surface area contributed by atoms with Crippen molar-refractivity contribution in [2.75, 3.05) is 32.8 Å². The Labute approximate surface area is 122 Å². The lowest BCUT2D eigenvalue weighted by Crippen LogP contribution is -2.45. The summed E-state index contributed by atoms with van der Waals surface area (Å²) < 4.78 is 18.9. The molecule has 0 bridgehead atoms. The van der Waals surface area contributed by atoms with Gasteiger partial charge in [0.05, 0.1) is 19.8 Å². The third-order valence-electron chi connectivity index (χ3n) is 3.35. The van der Waals surface area contributed by atoms with Crippen LogP contribution >= 0.6 is 11.6 Å². The van der Waals surface area contributed by atoms with E-state index in [1.54, 1.807) is 17.0 Å². The minimum atomic E-state index is -0.365.